The van der Waals surface area contributed by atoms with E-state index in [1.165, 1.54) is 24.7 Å². The molecule has 0 radical (unpaired) electrons. The average molecular weight is 95.1 g/mol. The lowest BCUT2D eigenvalue weighted by Crippen LogP contribution is -1.58. The number of allylic oxidation sites excluding steroid dienone is 2. The normalized spacial score (nSPS) is 7.86. The minimum absolute atomic E-state index is 1.26. The molecule has 0 unspecified atom stereocenters. The minimum atomic E-state index is 1.26. The van der Waals surface area contributed by atoms with E-state index >= 15 is 0 Å². The van der Waals surface area contributed by atoms with E-state index in [1.807, 2.05) is 0 Å². The van der Waals surface area contributed by atoms with Crippen molar-refractivity contribution in [2.24, 2.45) is 0 Å². The Hall–Kier alpha value is -1.23. The molecule has 0 rings (SSSR count). The molecule has 0 aromatic carbocycles. The SMILES string of the molecule is C=CC=COC#N. The van der Waals surface area contributed by atoms with E-state index in [4.69, 9.17) is 5.26 Å². The Morgan fingerprint density at radius 3 is 2.86 bits per heavy atom. The predicted octanol–water partition coefficient (Wildman–Crippen LogP) is 1.18. The number of nitriles is 1. The lowest BCUT2D eigenvalue weighted by Gasteiger charge is -1.72. The second-order valence-electron chi connectivity index (χ2n) is 0.773. The molecule has 0 aliphatic rings. The fourth-order valence-electron chi connectivity index (χ4n) is 0.125. The van der Waals surface area contributed by atoms with E-state index in [9.17, 15) is 0 Å². The number of ether oxygens (including phenoxy) is 1. The van der Waals surface area contributed by atoms with Crippen LogP contribution >= 0.6 is 0 Å². The number of hydrogen-bond donors (Lipinski definition) is 0. The summed E-state index contributed by atoms with van der Waals surface area (Å²) in [5.74, 6) is 0. The van der Waals surface area contributed by atoms with Crippen LogP contribution in [0.4, 0.5) is 0 Å². The van der Waals surface area contributed by atoms with Gasteiger partial charge in [-0.15, -0.1) is 5.26 Å². The van der Waals surface area contributed by atoms with Gasteiger partial charge in [0.15, 0.2) is 0 Å². The van der Waals surface area contributed by atoms with Gasteiger partial charge in [-0.05, 0) is 6.08 Å². The highest BCUT2D eigenvalue weighted by atomic mass is 16.5. The van der Waals surface area contributed by atoms with Crippen LogP contribution in [0.2, 0.25) is 0 Å². The lowest BCUT2D eigenvalue weighted by molar-refractivity contribution is 0.429. The number of hydrogen-bond acceptors (Lipinski definition) is 2. The fourth-order valence-corrected chi connectivity index (χ4v) is 0.125. The first-order valence-electron chi connectivity index (χ1n) is 1.74. The van der Waals surface area contributed by atoms with Crippen LogP contribution in [0.5, 0.6) is 0 Å². The van der Waals surface area contributed by atoms with Gasteiger partial charge in [-0.2, -0.15) is 0 Å². The topological polar surface area (TPSA) is 33.0 Å². The van der Waals surface area contributed by atoms with Gasteiger partial charge in [-0.25, -0.2) is 0 Å². The Labute approximate surface area is 42.3 Å². The molecule has 0 atom stereocenters. The Morgan fingerprint density at radius 1 is 1.71 bits per heavy atom. The van der Waals surface area contributed by atoms with Crippen molar-refractivity contribution in [3.63, 3.8) is 0 Å². The molecule has 0 aromatic rings. The van der Waals surface area contributed by atoms with E-state index in [2.05, 4.69) is 11.3 Å². The molecule has 2 nitrogen and oxygen atoms in total. The Balaban J connectivity index is 3.13. The highest BCUT2D eigenvalue weighted by Gasteiger charge is 1.59. The van der Waals surface area contributed by atoms with Crippen molar-refractivity contribution in [1.82, 2.24) is 0 Å². The third-order valence-electron chi connectivity index (χ3n) is 0.335. The maximum Gasteiger partial charge on any atom is 0.291 e. The lowest BCUT2D eigenvalue weighted by atomic mass is 10.6. The summed E-state index contributed by atoms with van der Waals surface area (Å²) in [6.07, 6.45) is 5.78. The molecule has 0 saturated carbocycles. The zero-order valence-corrected chi connectivity index (χ0v) is 3.79. The minimum Gasteiger partial charge on any atom is -0.396 e. The summed E-state index contributed by atoms with van der Waals surface area (Å²) in [7, 11) is 0. The summed E-state index contributed by atoms with van der Waals surface area (Å²) in [4.78, 5) is 0. The van der Waals surface area contributed by atoms with Gasteiger partial charge < -0.3 is 4.74 Å². The van der Waals surface area contributed by atoms with Crippen molar-refractivity contribution in [3.05, 3.63) is 25.0 Å². The van der Waals surface area contributed by atoms with E-state index in [-0.39, 0.29) is 0 Å². The second-order valence-corrected chi connectivity index (χ2v) is 0.773. The van der Waals surface area contributed by atoms with Crippen molar-refractivity contribution >= 4 is 0 Å². The molecule has 0 heterocycles. The molecular weight excluding hydrogens is 90.1 g/mol. The summed E-state index contributed by atoms with van der Waals surface area (Å²) in [6.45, 7) is 3.36. The van der Waals surface area contributed by atoms with Crippen molar-refractivity contribution in [3.8, 4) is 6.26 Å². The van der Waals surface area contributed by atoms with Crippen molar-refractivity contribution in [2.45, 2.75) is 0 Å². The highest BCUT2D eigenvalue weighted by Crippen LogP contribution is 1.72. The second kappa shape index (κ2) is 4.77. The van der Waals surface area contributed by atoms with Gasteiger partial charge in [0, 0.05) is 0 Å². The van der Waals surface area contributed by atoms with Crippen LogP contribution in [-0.4, -0.2) is 0 Å². The first-order valence-corrected chi connectivity index (χ1v) is 1.74. The first-order chi connectivity index (χ1) is 3.41. The zero-order chi connectivity index (χ0) is 5.54. The van der Waals surface area contributed by atoms with Gasteiger partial charge in [0.05, 0.1) is 0 Å². The molecule has 2 heteroatoms. The quantitative estimate of drug-likeness (QED) is 0.293. The van der Waals surface area contributed by atoms with E-state index < -0.39 is 0 Å². The van der Waals surface area contributed by atoms with Crippen molar-refractivity contribution in [2.75, 3.05) is 0 Å². The molecule has 0 aromatic heterocycles. The molecule has 0 amide bonds. The summed E-state index contributed by atoms with van der Waals surface area (Å²) in [6, 6.07) is 0. The maximum absolute atomic E-state index is 7.74. The third kappa shape index (κ3) is 4.77. The fraction of sp³-hybridized carbons (Fsp3) is 0. The molecule has 7 heavy (non-hydrogen) atoms. The summed E-state index contributed by atoms with van der Waals surface area (Å²) in [5.41, 5.74) is 0. The van der Waals surface area contributed by atoms with Crippen molar-refractivity contribution in [1.29, 1.82) is 5.26 Å². The van der Waals surface area contributed by atoms with Crippen molar-refractivity contribution < 1.29 is 4.74 Å². The van der Waals surface area contributed by atoms with Crippen LogP contribution in [0.3, 0.4) is 0 Å². The number of nitrogens with zero attached hydrogens (tertiary/aromatic N) is 1. The van der Waals surface area contributed by atoms with Crippen LogP contribution < -0.4 is 0 Å². The molecule has 0 bridgehead atoms. The average Bonchev–Trinajstić information content (AvgIpc) is 1.69. The molecule has 0 saturated heterocycles. The molecule has 0 N–H and O–H groups in total. The van der Waals surface area contributed by atoms with Gasteiger partial charge in [-0.3, -0.25) is 0 Å². The van der Waals surface area contributed by atoms with Gasteiger partial charge >= 0.3 is 0 Å². The Kier molecular flexibility index (Phi) is 3.93. The molecule has 36 valence electrons. The number of rotatable bonds is 2. The molecule has 0 aliphatic carbocycles. The Bertz CT molecular complexity index is 110. The van der Waals surface area contributed by atoms with Gasteiger partial charge in [-0.1, -0.05) is 12.7 Å². The van der Waals surface area contributed by atoms with Crippen LogP contribution in [0.25, 0.3) is 0 Å². The molecular formula is C5H5NO. The molecule has 0 aliphatic heterocycles. The summed E-state index contributed by atoms with van der Waals surface area (Å²) >= 11 is 0. The van der Waals surface area contributed by atoms with Crippen LogP contribution in [0.15, 0.2) is 25.0 Å². The van der Waals surface area contributed by atoms with Gasteiger partial charge in [0.25, 0.3) is 6.26 Å². The first kappa shape index (κ1) is 5.77. The van der Waals surface area contributed by atoms with Crippen LogP contribution in [-0.2, 0) is 4.74 Å². The largest absolute Gasteiger partial charge is 0.396 e. The van der Waals surface area contributed by atoms with E-state index in [0.717, 1.165) is 0 Å². The third-order valence-corrected chi connectivity index (χ3v) is 0.335. The molecule has 0 spiro atoms. The zero-order valence-electron chi connectivity index (χ0n) is 3.79. The van der Waals surface area contributed by atoms with Crippen LogP contribution in [0, 0.1) is 11.5 Å². The summed E-state index contributed by atoms with van der Waals surface area (Å²) in [5, 5.41) is 7.74. The monoisotopic (exact) mass is 95.0 g/mol. The Morgan fingerprint density at radius 2 is 2.43 bits per heavy atom. The van der Waals surface area contributed by atoms with Crippen LogP contribution in [0.1, 0.15) is 0 Å². The highest BCUT2D eigenvalue weighted by molar-refractivity contribution is 4.93. The van der Waals surface area contributed by atoms with Gasteiger partial charge in [0.2, 0.25) is 0 Å². The maximum atomic E-state index is 7.74. The summed E-state index contributed by atoms with van der Waals surface area (Å²) < 4.78 is 4.13. The van der Waals surface area contributed by atoms with Gasteiger partial charge in [0.1, 0.15) is 6.26 Å². The van der Waals surface area contributed by atoms with E-state index in [1.54, 1.807) is 0 Å². The molecule has 0 fully saturated rings. The standard InChI is InChI=1S/C5H5NO/c1-2-3-4-7-5-6/h2-4H,1H2. The predicted molar refractivity (Wildman–Crippen MR) is 26.0 cm³/mol. The van der Waals surface area contributed by atoms with E-state index in [0.29, 0.717) is 0 Å². The smallest absolute Gasteiger partial charge is 0.291 e.